The molecule has 0 radical (unpaired) electrons. The van der Waals surface area contributed by atoms with Crippen LogP contribution in [0.15, 0.2) is 36.5 Å². The van der Waals surface area contributed by atoms with Gasteiger partial charge in [0.15, 0.2) is 6.29 Å². The first-order chi connectivity index (χ1) is 12.6. The molecule has 1 fully saturated rings. The van der Waals surface area contributed by atoms with Gasteiger partial charge in [-0.05, 0) is 43.2 Å². The van der Waals surface area contributed by atoms with Gasteiger partial charge in [-0.25, -0.2) is 9.37 Å². The van der Waals surface area contributed by atoms with Gasteiger partial charge in [0.2, 0.25) is 5.88 Å². The fraction of sp³-hybridized carbons (Fsp3) is 0.350. The van der Waals surface area contributed by atoms with Gasteiger partial charge in [-0.3, -0.25) is 0 Å². The summed E-state index contributed by atoms with van der Waals surface area (Å²) in [5.41, 5.74) is 4.15. The molecule has 3 aromatic rings. The van der Waals surface area contributed by atoms with Crippen LogP contribution in [0.25, 0.3) is 10.9 Å². The number of hydrogen-bond donors (Lipinski definition) is 0. The van der Waals surface area contributed by atoms with Crippen LogP contribution in [0.1, 0.15) is 16.8 Å². The monoisotopic (exact) mass is 392 g/mol. The Hall–Kier alpha value is -2.15. The summed E-state index contributed by atoms with van der Waals surface area (Å²) in [5, 5.41) is 1.10. The van der Waals surface area contributed by atoms with Crippen LogP contribution in [0.3, 0.4) is 0 Å². The second-order valence-corrected chi connectivity index (χ2v) is 6.42. The van der Waals surface area contributed by atoms with Crippen LogP contribution >= 0.6 is 12.4 Å². The van der Waals surface area contributed by atoms with Crippen molar-refractivity contribution in [3.8, 4) is 5.88 Å². The molecular formula is C20H22ClFN2O3. The minimum absolute atomic E-state index is 0. The number of nitrogens with zero attached hydrogens (tertiary/aromatic N) is 2. The van der Waals surface area contributed by atoms with Gasteiger partial charge < -0.3 is 18.8 Å². The number of aryl methyl sites for hydroxylation is 1. The van der Waals surface area contributed by atoms with E-state index in [9.17, 15) is 4.39 Å². The van der Waals surface area contributed by atoms with Crippen molar-refractivity contribution in [2.75, 3.05) is 13.2 Å². The van der Waals surface area contributed by atoms with E-state index in [2.05, 4.69) is 23.4 Å². The molecule has 4 rings (SSSR count). The fourth-order valence-corrected chi connectivity index (χ4v) is 3.29. The molecule has 2 aromatic heterocycles. The van der Waals surface area contributed by atoms with Crippen molar-refractivity contribution in [1.82, 2.24) is 9.55 Å². The van der Waals surface area contributed by atoms with E-state index in [-0.39, 0.29) is 24.5 Å². The standard InChI is InChI=1S/C20H21FN2O3.ClH/c1-13-14(2)23(11-18-24-9-10-25-18)19-17(13)7-8-22-20(19)26-12-15-3-5-16(21)6-4-15;/h3-8,18H,9-12H2,1-2H3;1H. The SMILES string of the molecule is Cc1c(C)n(CC2OCCO2)c2c(OCc3ccc(F)cc3)nccc12.Cl. The number of pyridine rings is 1. The minimum Gasteiger partial charge on any atom is -0.471 e. The number of hydrogen-bond acceptors (Lipinski definition) is 4. The van der Waals surface area contributed by atoms with E-state index in [1.807, 2.05) is 6.07 Å². The van der Waals surface area contributed by atoms with Gasteiger partial charge in [-0.2, -0.15) is 0 Å². The van der Waals surface area contributed by atoms with Crippen molar-refractivity contribution < 1.29 is 18.6 Å². The van der Waals surface area contributed by atoms with Crippen molar-refractivity contribution in [2.45, 2.75) is 33.3 Å². The lowest BCUT2D eigenvalue weighted by Crippen LogP contribution is -2.18. The maximum Gasteiger partial charge on any atom is 0.238 e. The highest BCUT2D eigenvalue weighted by Gasteiger charge is 2.22. The Morgan fingerprint density at radius 2 is 1.85 bits per heavy atom. The number of aromatic nitrogens is 2. The third-order valence-corrected chi connectivity index (χ3v) is 4.82. The molecule has 0 aliphatic carbocycles. The van der Waals surface area contributed by atoms with E-state index in [0.717, 1.165) is 22.2 Å². The van der Waals surface area contributed by atoms with E-state index in [0.29, 0.717) is 32.2 Å². The Kier molecular flexibility index (Phi) is 5.99. The number of ether oxygens (including phenoxy) is 3. The first kappa shape index (κ1) is 19.6. The van der Waals surface area contributed by atoms with Crippen molar-refractivity contribution in [2.24, 2.45) is 0 Å². The summed E-state index contributed by atoms with van der Waals surface area (Å²) in [5.74, 6) is 0.298. The van der Waals surface area contributed by atoms with Gasteiger partial charge in [0.1, 0.15) is 17.9 Å². The normalized spacial score (nSPS) is 14.5. The van der Waals surface area contributed by atoms with Gasteiger partial charge in [-0.15, -0.1) is 12.4 Å². The number of fused-ring (bicyclic) bond motifs is 1. The zero-order chi connectivity index (χ0) is 18.1. The maximum atomic E-state index is 13.1. The summed E-state index contributed by atoms with van der Waals surface area (Å²) in [6, 6.07) is 8.28. The van der Waals surface area contributed by atoms with Gasteiger partial charge in [0, 0.05) is 17.3 Å². The summed E-state index contributed by atoms with van der Waals surface area (Å²) in [6.07, 6.45) is 1.50. The van der Waals surface area contributed by atoms with E-state index >= 15 is 0 Å². The van der Waals surface area contributed by atoms with Crippen LogP contribution < -0.4 is 4.74 Å². The molecule has 1 saturated heterocycles. The molecule has 0 spiro atoms. The molecule has 0 N–H and O–H groups in total. The molecule has 1 aliphatic rings. The Bertz CT molecular complexity index is 921. The second kappa shape index (κ2) is 8.25. The lowest BCUT2D eigenvalue weighted by atomic mass is 10.2. The maximum absolute atomic E-state index is 13.1. The first-order valence-corrected chi connectivity index (χ1v) is 8.68. The largest absolute Gasteiger partial charge is 0.471 e. The summed E-state index contributed by atoms with van der Waals surface area (Å²) < 4.78 is 32.4. The molecule has 1 aliphatic heterocycles. The van der Waals surface area contributed by atoms with Crippen molar-refractivity contribution in [3.63, 3.8) is 0 Å². The van der Waals surface area contributed by atoms with Crippen molar-refractivity contribution >= 4 is 23.3 Å². The Balaban J connectivity index is 0.00000210. The second-order valence-electron chi connectivity index (χ2n) is 6.42. The van der Waals surface area contributed by atoms with Crippen LogP contribution in [0, 0.1) is 19.7 Å². The molecule has 27 heavy (non-hydrogen) atoms. The Labute approximate surface area is 163 Å². The number of halogens is 2. The number of benzene rings is 1. The van der Waals surface area contributed by atoms with Gasteiger partial charge in [-0.1, -0.05) is 12.1 Å². The van der Waals surface area contributed by atoms with Gasteiger partial charge in [0.05, 0.1) is 19.8 Å². The van der Waals surface area contributed by atoms with Crippen LogP contribution in [0.5, 0.6) is 5.88 Å². The topological polar surface area (TPSA) is 45.5 Å². The van der Waals surface area contributed by atoms with Crippen molar-refractivity contribution in [1.29, 1.82) is 0 Å². The smallest absolute Gasteiger partial charge is 0.238 e. The van der Waals surface area contributed by atoms with Crippen LogP contribution in [0.4, 0.5) is 4.39 Å². The van der Waals surface area contributed by atoms with E-state index in [1.165, 1.54) is 17.7 Å². The summed E-state index contributed by atoms with van der Waals surface area (Å²) in [6.45, 7) is 6.32. The average Bonchev–Trinajstić information content (AvgIpc) is 3.25. The quantitative estimate of drug-likeness (QED) is 0.654. The highest BCUT2D eigenvalue weighted by molar-refractivity contribution is 5.88. The summed E-state index contributed by atoms with van der Waals surface area (Å²) in [7, 11) is 0. The van der Waals surface area contributed by atoms with E-state index in [4.69, 9.17) is 14.2 Å². The molecule has 0 atom stereocenters. The van der Waals surface area contributed by atoms with E-state index < -0.39 is 0 Å². The molecule has 0 amide bonds. The minimum atomic E-state index is -0.259. The number of rotatable bonds is 5. The van der Waals surface area contributed by atoms with Crippen LogP contribution in [-0.4, -0.2) is 29.1 Å². The molecule has 0 unspecified atom stereocenters. The van der Waals surface area contributed by atoms with Crippen molar-refractivity contribution in [3.05, 3.63) is 59.2 Å². The van der Waals surface area contributed by atoms with Gasteiger partial charge >= 0.3 is 0 Å². The highest BCUT2D eigenvalue weighted by atomic mass is 35.5. The van der Waals surface area contributed by atoms with Gasteiger partial charge in [0.25, 0.3) is 0 Å². The predicted molar refractivity (Wildman–Crippen MR) is 103 cm³/mol. The molecule has 0 saturated carbocycles. The molecule has 3 heterocycles. The molecule has 1 aromatic carbocycles. The lowest BCUT2D eigenvalue weighted by molar-refractivity contribution is -0.0520. The first-order valence-electron chi connectivity index (χ1n) is 8.68. The Morgan fingerprint density at radius 3 is 2.56 bits per heavy atom. The third kappa shape index (κ3) is 3.93. The van der Waals surface area contributed by atoms with E-state index in [1.54, 1.807) is 18.3 Å². The fourth-order valence-electron chi connectivity index (χ4n) is 3.29. The van der Waals surface area contributed by atoms with Crippen LogP contribution in [0.2, 0.25) is 0 Å². The molecule has 5 nitrogen and oxygen atoms in total. The van der Waals surface area contributed by atoms with Crippen LogP contribution in [-0.2, 0) is 22.6 Å². The Morgan fingerprint density at radius 1 is 1.15 bits per heavy atom. The predicted octanol–water partition coefficient (Wildman–Crippen LogP) is 4.17. The summed E-state index contributed by atoms with van der Waals surface area (Å²) >= 11 is 0. The zero-order valence-electron chi connectivity index (χ0n) is 15.3. The zero-order valence-corrected chi connectivity index (χ0v) is 16.1. The molecule has 7 heteroatoms. The average molecular weight is 393 g/mol. The third-order valence-electron chi connectivity index (χ3n) is 4.82. The lowest BCUT2D eigenvalue weighted by Gasteiger charge is -2.15. The molecule has 144 valence electrons. The molecular weight excluding hydrogens is 371 g/mol. The molecule has 0 bridgehead atoms. The summed E-state index contributed by atoms with van der Waals surface area (Å²) in [4.78, 5) is 4.43. The highest BCUT2D eigenvalue weighted by Crippen LogP contribution is 2.32.